The number of carboxylic acid groups (broad SMARTS) is 1. The predicted molar refractivity (Wildman–Crippen MR) is 68.9 cm³/mol. The summed E-state index contributed by atoms with van der Waals surface area (Å²) in [6, 6.07) is 7.57. The van der Waals surface area contributed by atoms with Crippen LogP contribution >= 0.6 is 11.6 Å². The molecule has 0 amide bonds. The maximum absolute atomic E-state index is 10.6. The van der Waals surface area contributed by atoms with Gasteiger partial charge in [-0.3, -0.25) is 4.79 Å². The monoisotopic (exact) mass is 264 g/mol. The Balaban J connectivity index is 2.19. The van der Waals surface area contributed by atoms with E-state index >= 15 is 0 Å². The molecule has 1 aromatic heterocycles. The number of aryl methyl sites for hydroxylation is 1. The van der Waals surface area contributed by atoms with E-state index in [2.05, 4.69) is 4.98 Å². The van der Waals surface area contributed by atoms with Gasteiger partial charge in [-0.2, -0.15) is 0 Å². The molecule has 1 N–H and O–H groups in total. The third-order valence-electron chi connectivity index (χ3n) is 2.60. The molecule has 1 heterocycles. The summed E-state index contributed by atoms with van der Waals surface area (Å²) >= 11 is 5.92. The van der Waals surface area contributed by atoms with E-state index in [4.69, 9.17) is 16.7 Å². The Morgan fingerprint density at radius 2 is 2.28 bits per heavy atom. The van der Waals surface area contributed by atoms with Crippen LogP contribution in [0.2, 0.25) is 5.02 Å². The van der Waals surface area contributed by atoms with Crippen molar-refractivity contribution in [1.29, 1.82) is 0 Å². The van der Waals surface area contributed by atoms with E-state index in [-0.39, 0.29) is 6.42 Å². The SMILES string of the molecule is Cc1nc(CC(=O)O)cn1Cc1cccc(Cl)c1. The summed E-state index contributed by atoms with van der Waals surface area (Å²) < 4.78 is 1.92. The van der Waals surface area contributed by atoms with Crippen LogP contribution in [0.3, 0.4) is 0 Å². The lowest BCUT2D eigenvalue weighted by atomic mass is 10.2. The summed E-state index contributed by atoms with van der Waals surface area (Å²) in [7, 11) is 0. The van der Waals surface area contributed by atoms with Crippen molar-refractivity contribution in [3.8, 4) is 0 Å². The number of hydrogen-bond donors (Lipinski definition) is 1. The first-order valence-electron chi connectivity index (χ1n) is 5.53. The molecule has 0 unspecified atom stereocenters. The van der Waals surface area contributed by atoms with Crippen molar-refractivity contribution in [3.05, 3.63) is 52.6 Å². The number of imidazole rings is 1. The van der Waals surface area contributed by atoms with Crippen LogP contribution in [0, 0.1) is 6.92 Å². The van der Waals surface area contributed by atoms with E-state index in [9.17, 15) is 4.79 Å². The van der Waals surface area contributed by atoms with E-state index in [1.165, 1.54) is 0 Å². The number of aliphatic carboxylic acids is 1. The average Bonchev–Trinajstić information content (AvgIpc) is 2.58. The summed E-state index contributed by atoms with van der Waals surface area (Å²) in [6.45, 7) is 2.49. The lowest BCUT2D eigenvalue weighted by Crippen LogP contribution is -2.01. The highest BCUT2D eigenvalue weighted by Crippen LogP contribution is 2.13. The summed E-state index contributed by atoms with van der Waals surface area (Å²) in [5.41, 5.74) is 1.63. The number of benzene rings is 1. The smallest absolute Gasteiger partial charge is 0.309 e. The van der Waals surface area contributed by atoms with Gasteiger partial charge in [-0.15, -0.1) is 0 Å². The first kappa shape index (κ1) is 12.6. The fraction of sp³-hybridized carbons (Fsp3) is 0.231. The first-order valence-corrected chi connectivity index (χ1v) is 5.91. The second-order valence-corrected chi connectivity index (χ2v) is 4.54. The fourth-order valence-electron chi connectivity index (χ4n) is 1.81. The van der Waals surface area contributed by atoms with Crippen molar-refractivity contribution in [1.82, 2.24) is 9.55 Å². The maximum Gasteiger partial charge on any atom is 0.309 e. The van der Waals surface area contributed by atoms with Crippen LogP contribution in [0.15, 0.2) is 30.5 Å². The summed E-state index contributed by atoms with van der Waals surface area (Å²) in [6.07, 6.45) is 1.72. The number of nitrogens with zero attached hydrogens (tertiary/aromatic N) is 2. The number of halogens is 1. The lowest BCUT2D eigenvalue weighted by molar-refractivity contribution is -0.136. The molecule has 0 fully saturated rings. The Hall–Kier alpha value is -1.81. The van der Waals surface area contributed by atoms with Gasteiger partial charge in [0.15, 0.2) is 0 Å². The molecular formula is C13H13ClN2O2. The highest BCUT2D eigenvalue weighted by Gasteiger charge is 2.08. The second-order valence-electron chi connectivity index (χ2n) is 4.11. The van der Waals surface area contributed by atoms with E-state index in [1.807, 2.05) is 35.8 Å². The molecule has 4 nitrogen and oxygen atoms in total. The summed E-state index contributed by atoms with van der Waals surface area (Å²) in [4.78, 5) is 14.8. The molecule has 0 bridgehead atoms. The third-order valence-corrected chi connectivity index (χ3v) is 2.84. The number of rotatable bonds is 4. The molecule has 0 saturated heterocycles. The zero-order valence-corrected chi connectivity index (χ0v) is 10.7. The molecule has 0 aliphatic heterocycles. The standard InChI is InChI=1S/C13H13ClN2O2/c1-9-15-12(6-13(17)18)8-16(9)7-10-3-2-4-11(14)5-10/h2-5,8H,6-7H2,1H3,(H,17,18). The molecule has 0 saturated carbocycles. The minimum Gasteiger partial charge on any atom is -0.481 e. The lowest BCUT2D eigenvalue weighted by Gasteiger charge is -2.05. The Kier molecular flexibility index (Phi) is 3.67. The van der Waals surface area contributed by atoms with Crippen molar-refractivity contribution >= 4 is 17.6 Å². The van der Waals surface area contributed by atoms with Crippen LogP contribution < -0.4 is 0 Å². The molecule has 18 heavy (non-hydrogen) atoms. The zero-order valence-electron chi connectivity index (χ0n) is 9.93. The molecule has 2 aromatic rings. The number of carboxylic acids is 1. The van der Waals surface area contributed by atoms with Gasteiger partial charge >= 0.3 is 5.97 Å². The van der Waals surface area contributed by atoms with Gasteiger partial charge in [0.1, 0.15) is 5.82 Å². The maximum atomic E-state index is 10.6. The van der Waals surface area contributed by atoms with Gasteiger partial charge in [0.05, 0.1) is 12.1 Å². The molecule has 94 valence electrons. The molecule has 0 spiro atoms. The number of hydrogen-bond acceptors (Lipinski definition) is 2. The molecule has 1 aromatic carbocycles. The predicted octanol–water partition coefficient (Wildman–Crippen LogP) is 2.52. The highest BCUT2D eigenvalue weighted by atomic mass is 35.5. The van der Waals surface area contributed by atoms with Gasteiger partial charge in [-0.05, 0) is 24.6 Å². The Labute approximate surface area is 110 Å². The third kappa shape index (κ3) is 3.11. The molecule has 0 aliphatic carbocycles. The molecule has 0 atom stereocenters. The van der Waals surface area contributed by atoms with Crippen LogP contribution in [-0.4, -0.2) is 20.6 Å². The molecular weight excluding hydrogens is 252 g/mol. The number of carbonyl (C=O) groups is 1. The molecule has 5 heteroatoms. The topological polar surface area (TPSA) is 55.1 Å². The average molecular weight is 265 g/mol. The quantitative estimate of drug-likeness (QED) is 0.923. The van der Waals surface area contributed by atoms with Crippen molar-refractivity contribution in [2.45, 2.75) is 19.9 Å². The highest BCUT2D eigenvalue weighted by molar-refractivity contribution is 6.30. The van der Waals surface area contributed by atoms with Crippen LogP contribution in [0.1, 0.15) is 17.1 Å². The zero-order chi connectivity index (χ0) is 13.1. The van der Waals surface area contributed by atoms with Crippen molar-refractivity contribution in [2.24, 2.45) is 0 Å². The molecule has 0 aliphatic rings. The first-order chi connectivity index (χ1) is 8.54. The Bertz CT molecular complexity index is 578. The van der Waals surface area contributed by atoms with Crippen LogP contribution in [0.25, 0.3) is 0 Å². The minimum atomic E-state index is -0.873. The van der Waals surface area contributed by atoms with E-state index in [0.29, 0.717) is 17.3 Å². The van der Waals surface area contributed by atoms with Crippen LogP contribution in [0.4, 0.5) is 0 Å². The Morgan fingerprint density at radius 1 is 1.50 bits per heavy atom. The minimum absolute atomic E-state index is 0.0522. The van der Waals surface area contributed by atoms with Gasteiger partial charge in [0.25, 0.3) is 0 Å². The van der Waals surface area contributed by atoms with Crippen molar-refractivity contribution in [2.75, 3.05) is 0 Å². The van der Waals surface area contributed by atoms with Crippen molar-refractivity contribution in [3.63, 3.8) is 0 Å². The largest absolute Gasteiger partial charge is 0.481 e. The normalized spacial score (nSPS) is 10.6. The molecule has 2 rings (SSSR count). The summed E-state index contributed by atoms with van der Waals surface area (Å²) in [5.74, 6) is -0.0753. The van der Waals surface area contributed by atoms with Gasteiger partial charge in [0.2, 0.25) is 0 Å². The van der Waals surface area contributed by atoms with Gasteiger partial charge in [-0.1, -0.05) is 23.7 Å². The van der Waals surface area contributed by atoms with Gasteiger partial charge < -0.3 is 9.67 Å². The van der Waals surface area contributed by atoms with Crippen LogP contribution in [0.5, 0.6) is 0 Å². The van der Waals surface area contributed by atoms with Crippen molar-refractivity contribution < 1.29 is 9.90 Å². The van der Waals surface area contributed by atoms with Gasteiger partial charge in [-0.25, -0.2) is 4.98 Å². The van der Waals surface area contributed by atoms with Crippen LogP contribution in [-0.2, 0) is 17.8 Å². The Morgan fingerprint density at radius 3 is 2.94 bits per heavy atom. The number of aromatic nitrogens is 2. The summed E-state index contributed by atoms with van der Waals surface area (Å²) in [5, 5.41) is 9.42. The van der Waals surface area contributed by atoms with E-state index < -0.39 is 5.97 Å². The van der Waals surface area contributed by atoms with E-state index in [0.717, 1.165) is 11.4 Å². The second kappa shape index (κ2) is 5.23. The molecule has 0 radical (unpaired) electrons. The van der Waals surface area contributed by atoms with Gasteiger partial charge in [0, 0.05) is 17.8 Å². The van der Waals surface area contributed by atoms with E-state index in [1.54, 1.807) is 6.20 Å². The fourth-order valence-corrected chi connectivity index (χ4v) is 2.02.